The van der Waals surface area contributed by atoms with Crippen LogP contribution in [0.2, 0.25) is 4.34 Å². The molecule has 84 valence electrons. The first-order valence-electron chi connectivity index (χ1n) is 4.83. The first-order chi connectivity index (χ1) is 8.28. The molecule has 0 atom stereocenters. The fourth-order valence-electron chi connectivity index (χ4n) is 1.55. The number of nitrogens with zero attached hydrogens (tertiary/aromatic N) is 3. The van der Waals surface area contributed by atoms with Gasteiger partial charge in [0.25, 0.3) is 0 Å². The number of imidazole rings is 1. The highest BCUT2D eigenvalue weighted by atomic mass is 35.5. The summed E-state index contributed by atoms with van der Waals surface area (Å²) in [5, 5.41) is 4.36. The number of halogens is 1. The van der Waals surface area contributed by atoms with E-state index in [4.69, 9.17) is 11.6 Å². The van der Waals surface area contributed by atoms with Gasteiger partial charge in [-0.2, -0.15) is 5.10 Å². The zero-order chi connectivity index (χ0) is 11.8. The number of thiophene rings is 1. The standard InChI is InChI=1S/C11H6ClN3OS/c12-10-3-2-9(17-10)8-1-4-11-13-5-7(6-16)15(11)14-8/h1-6H. The third kappa shape index (κ3) is 1.73. The molecule has 0 aromatic carbocycles. The summed E-state index contributed by atoms with van der Waals surface area (Å²) >= 11 is 7.33. The monoisotopic (exact) mass is 263 g/mol. The number of aromatic nitrogens is 3. The van der Waals surface area contributed by atoms with Crippen LogP contribution in [0, 0.1) is 0 Å². The minimum atomic E-state index is 0.435. The predicted molar refractivity (Wildman–Crippen MR) is 66.7 cm³/mol. The molecule has 0 saturated carbocycles. The van der Waals surface area contributed by atoms with Crippen LogP contribution in [-0.4, -0.2) is 20.9 Å². The molecule has 0 bridgehead atoms. The second-order valence-corrected chi connectivity index (χ2v) is 5.11. The van der Waals surface area contributed by atoms with Crippen molar-refractivity contribution in [2.75, 3.05) is 0 Å². The maximum Gasteiger partial charge on any atom is 0.170 e. The average Bonchev–Trinajstić information content (AvgIpc) is 2.94. The van der Waals surface area contributed by atoms with Crippen molar-refractivity contribution in [1.82, 2.24) is 14.6 Å². The summed E-state index contributed by atoms with van der Waals surface area (Å²) in [4.78, 5) is 15.9. The van der Waals surface area contributed by atoms with Crippen molar-refractivity contribution in [1.29, 1.82) is 0 Å². The van der Waals surface area contributed by atoms with Crippen LogP contribution in [0.1, 0.15) is 10.5 Å². The smallest absolute Gasteiger partial charge is 0.170 e. The van der Waals surface area contributed by atoms with Crippen molar-refractivity contribution in [3.8, 4) is 10.6 Å². The van der Waals surface area contributed by atoms with Crippen molar-refractivity contribution < 1.29 is 4.79 Å². The summed E-state index contributed by atoms with van der Waals surface area (Å²) in [5.74, 6) is 0. The Labute approximate surface area is 105 Å². The zero-order valence-corrected chi connectivity index (χ0v) is 10.1. The van der Waals surface area contributed by atoms with Gasteiger partial charge in [0.15, 0.2) is 11.9 Å². The van der Waals surface area contributed by atoms with Gasteiger partial charge in [-0.25, -0.2) is 9.50 Å². The zero-order valence-electron chi connectivity index (χ0n) is 8.50. The molecule has 0 aliphatic carbocycles. The van der Waals surface area contributed by atoms with Gasteiger partial charge in [0.1, 0.15) is 11.4 Å². The molecule has 0 aliphatic rings. The number of fused-ring (bicyclic) bond motifs is 1. The third-order valence-corrected chi connectivity index (χ3v) is 3.59. The van der Waals surface area contributed by atoms with Gasteiger partial charge in [-0.05, 0) is 24.3 Å². The topological polar surface area (TPSA) is 47.3 Å². The summed E-state index contributed by atoms with van der Waals surface area (Å²) in [7, 11) is 0. The Morgan fingerprint density at radius 1 is 1.29 bits per heavy atom. The fourth-order valence-corrected chi connectivity index (χ4v) is 2.56. The summed E-state index contributed by atoms with van der Waals surface area (Å²) in [6, 6.07) is 7.41. The Bertz CT molecular complexity index is 704. The highest BCUT2D eigenvalue weighted by Crippen LogP contribution is 2.29. The van der Waals surface area contributed by atoms with E-state index < -0.39 is 0 Å². The number of hydrogen-bond donors (Lipinski definition) is 0. The second kappa shape index (κ2) is 3.94. The molecule has 0 amide bonds. The van der Waals surface area contributed by atoms with E-state index in [9.17, 15) is 4.79 Å². The van der Waals surface area contributed by atoms with Crippen LogP contribution in [0.3, 0.4) is 0 Å². The second-order valence-electron chi connectivity index (χ2n) is 3.39. The van der Waals surface area contributed by atoms with Crippen molar-refractivity contribution >= 4 is 34.9 Å². The largest absolute Gasteiger partial charge is 0.296 e. The van der Waals surface area contributed by atoms with Gasteiger partial charge in [0.05, 0.1) is 15.4 Å². The SMILES string of the molecule is O=Cc1cnc2ccc(-c3ccc(Cl)s3)nn12. The summed E-state index contributed by atoms with van der Waals surface area (Å²) in [6.07, 6.45) is 2.23. The average molecular weight is 264 g/mol. The van der Waals surface area contributed by atoms with E-state index in [1.165, 1.54) is 22.0 Å². The normalized spacial score (nSPS) is 10.9. The van der Waals surface area contributed by atoms with Gasteiger partial charge < -0.3 is 0 Å². The number of carbonyl (C=O) groups is 1. The van der Waals surface area contributed by atoms with Crippen molar-refractivity contribution in [2.45, 2.75) is 0 Å². The molecule has 0 saturated heterocycles. The van der Waals surface area contributed by atoms with E-state index >= 15 is 0 Å². The van der Waals surface area contributed by atoms with E-state index in [1.807, 2.05) is 24.3 Å². The molecule has 3 aromatic rings. The lowest BCUT2D eigenvalue weighted by Gasteiger charge is -1.98. The van der Waals surface area contributed by atoms with Crippen LogP contribution in [0.25, 0.3) is 16.2 Å². The van der Waals surface area contributed by atoms with E-state index in [-0.39, 0.29) is 0 Å². The van der Waals surface area contributed by atoms with Crippen LogP contribution in [0.4, 0.5) is 0 Å². The maximum atomic E-state index is 10.8. The van der Waals surface area contributed by atoms with Crippen LogP contribution >= 0.6 is 22.9 Å². The van der Waals surface area contributed by atoms with Crippen LogP contribution < -0.4 is 0 Å². The summed E-state index contributed by atoms with van der Waals surface area (Å²) in [5.41, 5.74) is 1.86. The van der Waals surface area contributed by atoms with Gasteiger partial charge in [-0.1, -0.05) is 11.6 Å². The molecule has 0 radical (unpaired) electrons. The molecule has 3 rings (SSSR count). The quantitative estimate of drug-likeness (QED) is 0.668. The van der Waals surface area contributed by atoms with E-state index in [2.05, 4.69) is 10.1 Å². The predicted octanol–water partition coefficient (Wildman–Crippen LogP) is 2.92. The van der Waals surface area contributed by atoms with Gasteiger partial charge in [-0.15, -0.1) is 11.3 Å². The molecule has 3 aromatic heterocycles. The van der Waals surface area contributed by atoms with Crippen molar-refractivity contribution in [3.05, 3.63) is 40.5 Å². The van der Waals surface area contributed by atoms with Crippen LogP contribution in [0.5, 0.6) is 0 Å². The summed E-state index contributed by atoms with van der Waals surface area (Å²) in [6.45, 7) is 0. The molecule has 0 unspecified atom stereocenters. The molecule has 4 nitrogen and oxygen atoms in total. The number of aldehydes is 1. The highest BCUT2D eigenvalue weighted by molar-refractivity contribution is 7.19. The first kappa shape index (κ1) is 10.4. The van der Waals surface area contributed by atoms with Gasteiger partial charge >= 0.3 is 0 Å². The lowest BCUT2D eigenvalue weighted by Crippen LogP contribution is -1.97. The molecule has 0 N–H and O–H groups in total. The van der Waals surface area contributed by atoms with Crippen LogP contribution in [0.15, 0.2) is 30.5 Å². The summed E-state index contributed by atoms with van der Waals surface area (Å²) < 4.78 is 2.24. The molecular weight excluding hydrogens is 258 g/mol. The molecule has 0 spiro atoms. The Morgan fingerprint density at radius 3 is 2.88 bits per heavy atom. The molecular formula is C11H6ClN3OS. The molecule has 3 heterocycles. The van der Waals surface area contributed by atoms with Crippen molar-refractivity contribution in [2.24, 2.45) is 0 Å². The highest BCUT2D eigenvalue weighted by Gasteiger charge is 2.07. The Hall–Kier alpha value is -1.72. The van der Waals surface area contributed by atoms with Crippen LogP contribution in [-0.2, 0) is 0 Å². The maximum absolute atomic E-state index is 10.8. The van der Waals surface area contributed by atoms with Gasteiger partial charge in [0.2, 0.25) is 0 Å². The van der Waals surface area contributed by atoms with E-state index in [0.717, 1.165) is 16.9 Å². The van der Waals surface area contributed by atoms with Gasteiger partial charge in [-0.3, -0.25) is 4.79 Å². The Kier molecular flexibility index (Phi) is 2.42. The minimum absolute atomic E-state index is 0.435. The molecule has 0 fully saturated rings. The van der Waals surface area contributed by atoms with Crippen molar-refractivity contribution in [3.63, 3.8) is 0 Å². The van der Waals surface area contributed by atoms with Gasteiger partial charge in [0, 0.05) is 0 Å². The lowest BCUT2D eigenvalue weighted by molar-refractivity contribution is 0.111. The molecule has 0 aliphatic heterocycles. The third-order valence-electron chi connectivity index (χ3n) is 2.34. The Balaban J connectivity index is 2.21. The molecule has 17 heavy (non-hydrogen) atoms. The number of hydrogen-bond acceptors (Lipinski definition) is 4. The fraction of sp³-hybridized carbons (Fsp3) is 0. The van der Waals surface area contributed by atoms with E-state index in [1.54, 1.807) is 0 Å². The molecule has 6 heteroatoms. The first-order valence-corrected chi connectivity index (χ1v) is 6.03. The minimum Gasteiger partial charge on any atom is -0.296 e. The number of rotatable bonds is 2. The number of carbonyl (C=O) groups excluding carboxylic acids is 1. The van der Waals surface area contributed by atoms with E-state index in [0.29, 0.717) is 15.7 Å². The lowest BCUT2D eigenvalue weighted by atomic mass is 10.3. The Morgan fingerprint density at radius 2 is 2.18 bits per heavy atom.